The van der Waals surface area contributed by atoms with Crippen molar-refractivity contribution in [3.63, 3.8) is 0 Å². The Morgan fingerprint density at radius 2 is 0.978 bits per heavy atom. The van der Waals surface area contributed by atoms with E-state index in [4.69, 9.17) is 14.2 Å². The maximum atomic E-state index is 13.9. The number of nitrogens with zero attached hydrogens (tertiary/aromatic N) is 1. The molecule has 0 aromatic carbocycles. The molecule has 0 aliphatic carbocycles. The van der Waals surface area contributed by atoms with E-state index >= 15 is 0 Å². The van der Waals surface area contributed by atoms with Gasteiger partial charge in [0.1, 0.15) is 12.6 Å². The third kappa shape index (κ3) is 23.6. The summed E-state index contributed by atoms with van der Waals surface area (Å²) in [6.45, 7) is 3.00. The van der Waals surface area contributed by atoms with Crippen molar-refractivity contribution >= 4 is 19.4 Å². The number of quaternary nitrogens is 1. The van der Waals surface area contributed by atoms with Crippen molar-refractivity contribution in [3.05, 3.63) is 0 Å². The average Bonchev–Trinajstić information content (AvgIpc) is 2.99. The highest BCUT2D eigenvalue weighted by atomic mass is 31.2. The first-order valence-electron chi connectivity index (χ1n) is 18.7. The fourth-order valence-corrected chi connectivity index (χ4v) is 6.96. The van der Waals surface area contributed by atoms with E-state index in [2.05, 4.69) is 13.8 Å². The lowest BCUT2D eigenvalue weighted by Crippen LogP contribution is -2.59. The van der Waals surface area contributed by atoms with Gasteiger partial charge in [-0.1, -0.05) is 142 Å². The summed E-state index contributed by atoms with van der Waals surface area (Å²) in [5, 5.41) is 18.8. The lowest BCUT2D eigenvalue weighted by atomic mass is 9.86. The van der Waals surface area contributed by atoms with Crippen molar-refractivity contribution in [1.82, 2.24) is 0 Å². The summed E-state index contributed by atoms with van der Waals surface area (Å²) in [6, 6.07) is 0. The van der Waals surface area contributed by atoms with Crippen LogP contribution in [0.5, 0.6) is 0 Å². The number of aliphatic hydroxyl groups is 2. The van der Waals surface area contributed by atoms with Crippen LogP contribution in [-0.2, 0) is 23.2 Å². The fraction of sp³-hybridized carbons (Fsp3) is 0.944. The van der Waals surface area contributed by atoms with Gasteiger partial charge < -0.3 is 19.6 Å². The second-order valence-corrected chi connectivity index (χ2v) is 15.8. The van der Waals surface area contributed by atoms with Gasteiger partial charge in [0, 0.05) is 12.8 Å². The van der Waals surface area contributed by atoms with Crippen molar-refractivity contribution < 1.29 is 42.8 Å². The molecule has 0 aliphatic rings. The first-order chi connectivity index (χ1) is 21.8. The summed E-state index contributed by atoms with van der Waals surface area (Å²) in [6.07, 6.45) is 23.4. The van der Waals surface area contributed by atoms with Gasteiger partial charge in [-0.05, 0) is 12.8 Å². The quantitative estimate of drug-likeness (QED) is 0.0268. The van der Waals surface area contributed by atoms with Crippen molar-refractivity contribution in [2.24, 2.45) is 0 Å². The molecule has 46 heavy (non-hydrogen) atoms. The first-order valence-corrected chi connectivity index (χ1v) is 20.2. The predicted octanol–water partition coefficient (Wildman–Crippen LogP) is 8.46. The molecule has 9 nitrogen and oxygen atoms in total. The number of likely N-dealkylation sites (N-methyl/N-ethyl adjacent to an activating group) is 1. The average molecular weight is 679 g/mol. The number of unbranched alkanes of at least 4 members (excludes halogenated alkanes) is 20. The molecule has 274 valence electrons. The molecule has 0 aromatic heterocycles. The van der Waals surface area contributed by atoms with E-state index in [0.29, 0.717) is 12.8 Å². The fourth-order valence-electron chi connectivity index (χ4n) is 5.89. The third-order valence-corrected chi connectivity index (χ3v) is 9.54. The maximum absolute atomic E-state index is 13.9. The Kier molecular flexibility index (Phi) is 26.8. The van der Waals surface area contributed by atoms with Crippen molar-refractivity contribution in [2.45, 2.75) is 180 Å². The standard InChI is InChI=1S/C36H72NO8P/c1-6-8-10-12-14-16-18-20-22-24-26-28-34(40)36(32-37(3,4)5,45-46(42,43)44-31-33(39)30-38)35(41)29-27-25-23-21-19-17-15-13-11-9-7-2/h33,38-39H,6-32H2,1-5H3/p+1. The molecule has 3 N–H and O–H groups in total. The molecule has 0 spiro atoms. The second kappa shape index (κ2) is 27.2. The topological polar surface area (TPSA) is 130 Å². The van der Waals surface area contributed by atoms with E-state index in [-0.39, 0.29) is 23.9 Å². The van der Waals surface area contributed by atoms with Crippen LogP contribution >= 0.6 is 7.82 Å². The van der Waals surface area contributed by atoms with Crippen LogP contribution in [-0.4, -0.2) is 83.8 Å². The number of phosphoric ester groups is 1. The van der Waals surface area contributed by atoms with Crippen molar-refractivity contribution in [1.29, 1.82) is 0 Å². The zero-order chi connectivity index (χ0) is 34.7. The van der Waals surface area contributed by atoms with Crippen LogP contribution < -0.4 is 0 Å². The monoisotopic (exact) mass is 679 g/mol. The van der Waals surface area contributed by atoms with Crippen LogP contribution in [0.3, 0.4) is 0 Å². The minimum atomic E-state index is -4.93. The Morgan fingerprint density at radius 3 is 1.28 bits per heavy atom. The number of carbonyl (C=O) groups is 2. The number of phosphoric acid groups is 1. The van der Waals surface area contributed by atoms with Gasteiger partial charge in [-0.3, -0.25) is 18.6 Å². The Bertz CT molecular complexity index is 778. The molecule has 0 fully saturated rings. The maximum Gasteiger partial charge on any atom is 0.473 e. The summed E-state index contributed by atoms with van der Waals surface area (Å²) < 4.78 is 23.8. The summed E-state index contributed by atoms with van der Waals surface area (Å²) in [7, 11) is 0.488. The van der Waals surface area contributed by atoms with Gasteiger partial charge in [0.05, 0.1) is 34.4 Å². The number of hydrogen-bond acceptors (Lipinski definition) is 7. The molecule has 0 saturated heterocycles. The van der Waals surface area contributed by atoms with E-state index < -0.39 is 44.3 Å². The van der Waals surface area contributed by atoms with Gasteiger partial charge in [-0.15, -0.1) is 0 Å². The van der Waals surface area contributed by atoms with E-state index in [1.54, 1.807) is 0 Å². The molecule has 0 amide bonds. The van der Waals surface area contributed by atoms with Gasteiger partial charge in [0.15, 0.2) is 11.6 Å². The molecule has 0 aliphatic heterocycles. The molecule has 0 rings (SSSR count). The molecule has 0 aromatic rings. The molecule has 0 heterocycles. The van der Waals surface area contributed by atoms with Crippen LogP contribution in [0.25, 0.3) is 0 Å². The molecular formula is C36H73NO8P+. The predicted molar refractivity (Wildman–Crippen MR) is 188 cm³/mol. The Labute approximate surface area is 282 Å². The minimum absolute atomic E-state index is 0.0697. The largest absolute Gasteiger partial charge is 0.473 e. The number of rotatable bonds is 34. The SMILES string of the molecule is CCCCCCCCCCCCCC(=O)C(C[N+](C)(C)C)(OP(=O)(O)OCC(O)CO)C(=O)CCCCCCCCCCCCC. The molecule has 0 radical (unpaired) electrons. The summed E-state index contributed by atoms with van der Waals surface area (Å²) in [4.78, 5) is 38.4. The molecule has 2 atom stereocenters. The van der Waals surface area contributed by atoms with Crippen LogP contribution in [0.4, 0.5) is 0 Å². The lowest BCUT2D eigenvalue weighted by molar-refractivity contribution is -0.874. The normalized spacial score (nSPS) is 14.3. The summed E-state index contributed by atoms with van der Waals surface area (Å²) >= 11 is 0. The van der Waals surface area contributed by atoms with Gasteiger partial charge in [0.2, 0.25) is 5.60 Å². The van der Waals surface area contributed by atoms with E-state index in [9.17, 15) is 24.2 Å². The molecular weight excluding hydrogens is 605 g/mol. The van der Waals surface area contributed by atoms with Gasteiger partial charge in [-0.25, -0.2) is 4.57 Å². The molecule has 0 saturated carbocycles. The Balaban J connectivity index is 5.28. The zero-order valence-corrected chi connectivity index (χ0v) is 31.3. The highest BCUT2D eigenvalue weighted by Crippen LogP contribution is 2.49. The summed E-state index contributed by atoms with van der Waals surface area (Å²) in [5.41, 5.74) is -2.14. The third-order valence-electron chi connectivity index (χ3n) is 8.52. The van der Waals surface area contributed by atoms with Crippen molar-refractivity contribution in [2.75, 3.05) is 40.9 Å². The minimum Gasteiger partial charge on any atom is -0.394 e. The molecule has 10 heteroatoms. The van der Waals surface area contributed by atoms with Gasteiger partial charge in [0.25, 0.3) is 0 Å². The zero-order valence-electron chi connectivity index (χ0n) is 30.4. The number of carbonyl (C=O) groups excluding carboxylic acids is 2. The highest BCUT2D eigenvalue weighted by Gasteiger charge is 2.54. The Morgan fingerprint density at radius 1 is 0.652 bits per heavy atom. The smallest absolute Gasteiger partial charge is 0.394 e. The van der Waals surface area contributed by atoms with Crippen LogP contribution in [0.1, 0.15) is 168 Å². The number of hydrogen-bond donors (Lipinski definition) is 3. The van der Waals surface area contributed by atoms with Crippen LogP contribution in [0.15, 0.2) is 0 Å². The first kappa shape index (κ1) is 45.3. The molecule has 2 unspecified atom stereocenters. The van der Waals surface area contributed by atoms with Crippen LogP contribution in [0, 0.1) is 0 Å². The number of Topliss-reactive ketones (excluding diaryl/α,β-unsaturated/α-hetero) is 2. The van der Waals surface area contributed by atoms with E-state index in [0.717, 1.165) is 38.5 Å². The van der Waals surface area contributed by atoms with Gasteiger partial charge in [-0.2, -0.15) is 0 Å². The van der Waals surface area contributed by atoms with Gasteiger partial charge >= 0.3 is 7.82 Å². The second-order valence-electron chi connectivity index (χ2n) is 14.4. The summed E-state index contributed by atoms with van der Waals surface area (Å²) in [5.74, 6) is -0.991. The molecule has 0 bridgehead atoms. The lowest BCUT2D eigenvalue weighted by Gasteiger charge is -2.37. The van der Waals surface area contributed by atoms with E-state index in [1.165, 1.54) is 89.9 Å². The van der Waals surface area contributed by atoms with E-state index in [1.807, 2.05) is 21.1 Å². The Hall–Kier alpha value is -0.670. The highest BCUT2D eigenvalue weighted by molar-refractivity contribution is 7.47. The van der Waals surface area contributed by atoms with Crippen molar-refractivity contribution in [3.8, 4) is 0 Å². The number of ketones is 2. The van der Waals surface area contributed by atoms with Crippen LogP contribution in [0.2, 0.25) is 0 Å². The number of aliphatic hydroxyl groups excluding tert-OH is 2.